The van der Waals surface area contributed by atoms with Gasteiger partial charge in [0.15, 0.2) is 5.82 Å². The van der Waals surface area contributed by atoms with Crippen LogP contribution in [0.15, 0.2) is 14.7 Å². The summed E-state index contributed by atoms with van der Waals surface area (Å²) < 4.78 is 6.53. The van der Waals surface area contributed by atoms with E-state index in [2.05, 4.69) is 20.6 Å². The number of nitrogens with one attached hydrogen (secondary N) is 1. The second-order valence-electron chi connectivity index (χ2n) is 7.08. The van der Waals surface area contributed by atoms with Crippen LogP contribution in [-0.4, -0.2) is 24.9 Å². The van der Waals surface area contributed by atoms with Crippen LogP contribution in [0.25, 0.3) is 10.6 Å². The van der Waals surface area contributed by atoms with E-state index in [1.54, 1.807) is 14.0 Å². The third kappa shape index (κ3) is 3.10. The number of hydrogen-bond donors (Lipinski definition) is 1. The fourth-order valence-corrected chi connectivity index (χ4v) is 4.28. The van der Waals surface area contributed by atoms with Gasteiger partial charge in [-0.25, -0.2) is 9.67 Å². The Labute approximate surface area is 160 Å². The van der Waals surface area contributed by atoms with E-state index in [1.807, 2.05) is 19.2 Å². The smallest absolute Gasteiger partial charge is 0.277 e. The lowest BCUT2D eigenvalue weighted by atomic mass is 9.76. The number of aryl methyl sites for hydroxylation is 3. The van der Waals surface area contributed by atoms with Crippen molar-refractivity contribution >= 4 is 11.3 Å². The molecule has 0 radical (unpaired) electrons. The van der Waals surface area contributed by atoms with Crippen molar-refractivity contribution in [2.45, 2.75) is 52.1 Å². The lowest BCUT2D eigenvalue weighted by molar-refractivity contribution is 0.164. The summed E-state index contributed by atoms with van der Waals surface area (Å²) in [5.74, 6) is 1.30. The first-order chi connectivity index (χ1) is 12.9. The summed E-state index contributed by atoms with van der Waals surface area (Å²) in [5, 5.41) is 14.6. The maximum Gasteiger partial charge on any atom is 0.277 e. The van der Waals surface area contributed by atoms with Gasteiger partial charge in [-0.05, 0) is 38.7 Å². The average molecular weight is 386 g/mol. The highest BCUT2D eigenvalue weighted by Crippen LogP contribution is 2.40. The molecular weight excluding hydrogens is 364 g/mol. The molecule has 0 aliphatic heterocycles. The molecule has 0 atom stereocenters. The Kier molecular flexibility index (Phi) is 4.43. The summed E-state index contributed by atoms with van der Waals surface area (Å²) in [6.07, 6.45) is 3.09. The quantitative estimate of drug-likeness (QED) is 0.719. The normalized spacial score (nSPS) is 15.7. The first-order valence-corrected chi connectivity index (χ1v) is 9.83. The van der Waals surface area contributed by atoms with Crippen molar-refractivity contribution in [1.29, 1.82) is 0 Å². The molecule has 4 rings (SSSR count). The fraction of sp³-hybridized carbons (Fsp3) is 0.500. The van der Waals surface area contributed by atoms with Crippen molar-refractivity contribution in [3.63, 3.8) is 0 Å². The highest BCUT2D eigenvalue weighted by Gasteiger charge is 2.42. The van der Waals surface area contributed by atoms with Crippen LogP contribution in [0.4, 0.5) is 0 Å². The van der Waals surface area contributed by atoms with Crippen LogP contribution in [0, 0.1) is 20.8 Å². The summed E-state index contributed by atoms with van der Waals surface area (Å²) in [5.41, 5.74) is 2.89. The monoisotopic (exact) mass is 386 g/mol. The Morgan fingerprint density at radius 2 is 2.07 bits per heavy atom. The summed E-state index contributed by atoms with van der Waals surface area (Å²) >= 11 is 1.48. The van der Waals surface area contributed by atoms with Gasteiger partial charge in [0.25, 0.3) is 5.56 Å². The summed E-state index contributed by atoms with van der Waals surface area (Å²) in [4.78, 5) is 21.6. The Morgan fingerprint density at radius 1 is 1.30 bits per heavy atom. The maximum atomic E-state index is 12.5. The predicted octanol–water partition coefficient (Wildman–Crippen LogP) is 2.38. The third-order valence-corrected chi connectivity index (χ3v) is 6.17. The van der Waals surface area contributed by atoms with Crippen LogP contribution in [0.3, 0.4) is 0 Å². The van der Waals surface area contributed by atoms with Gasteiger partial charge >= 0.3 is 0 Å². The minimum Gasteiger partial charge on any atom is -0.340 e. The van der Waals surface area contributed by atoms with E-state index >= 15 is 0 Å². The molecule has 0 unspecified atom stereocenters. The van der Waals surface area contributed by atoms with Gasteiger partial charge in [-0.3, -0.25) is 10.1 Å². The Bertz CT molecular complexity index is 1050. The molecule has 0 amide bonds. The molecule has 0 bridgehead atoms. The van der Waals surface area contributed by atoms with Crippen molar-refractivity contribution in [3.8, 4) is 10.6 Å². The largest absolute Gasteiger partial charge is 0.340 e. The standard InChI is InChI=1S/C18H22N6O2S/c1-10-11(2)22-24(4)16(25)14(10)15-21-13(9-27-15)8-19-18(6-5-7-18)17-20-12(3)26-23-17/h9,19H,5-8H2,1-4H3. The van der Waals surface area contributed by atoms with Crippen LogP contribution in [-0.2, 0) is 19.1 Å². The SMILES string of the molecule is Cc1nc(C2(NCc3csc(-c4c(C)c(C)nn(C)c4=O)n3)CCC2)no1. The molecule has 0 aromatic carbocycles. The average Bonchev–Trinajstić information content (AvgIpc) is 3.22. The fourth-order valence-electron chi connectivity index (χ4n) is 3.37. The lowest BCUT2D eigenvalue weighted by Crippen LogP contribution is -2.48. The van der Waals surface area contributed by atoms with E-state index in [0.717, 1.165) is 47.0 Å². The van der Waals surface area contributed by atoms with Crippen LogP contribution in [0.5, 0.6) is 0 Å². The maximum absolute atomic E-state index is 12.5. The molecule has 1 aliphatic carbocycles. The van der Waals surface area contributed by atoms with E-state index in [0.29, 0.717) is 18.0 Å². The number of rotatable bonds is 5. The van der Waals surface area contributed by atoms with Crippen LogP contribution in [0.2, 0.25) is 0 Å². The molecule has 9 heteroatoms. The van der Waals surface area contributed by atoms with Gasteiger partial charge in [0.2, 0.25) is 5.89 Å². The van der Waals surface area contributed by atoms with Gasteiger partial charge in [0, 0.05) is 25.9 Å². The van der Waals surface area contributed by atoms with Crippen molar-refractivity contribution < 1.29 is 4.52 Å². The zero-order valence-corrected chi connectivity index (χ0v) is 16.7. The molecule has 27 heavy (non-hydrogen) atoms. The van der Waals surface area contributed by atoms with E-state index in [-0.39, 0.29) is 11.1 Å². The first-order valence-electron chi connectivity index (χ1n) is 8.95. The number of thiazole rings is 1. The van der Waals surface area contributed by atoms with E-state index in [9.17, 15) is 4.79 Å². The van der Waals surface area contributed by atoms with E-state index in [1.165, 1.54) is 16.0 Å². The second kappa shape index (κ2) is 6.65. The number of nitrogens with zero attached hydrogens (tertiary/aromatic N) is 5. The summed E-state index contributed by atoms with van der Waals surface area (Å²) in [7, 11) is 1.67. The topological polar surface area (TPSA) is 98.7 Å². The van der Waals surface area contributed by atoms with Gasteiger partial charge in [-0.1, -0.05) is 5.16 Å². The Balaban J connectivity index is 1.57. The van der Waals surface area contributed by atoms with E-state index < -0.39 is 0 Å². The lowest BCUT2D eigenvalue weighted by Gasteiger charge is -2.39. The van der Waals surface area contributed by atoms with Crippen molar-refractivity contribution in [2.75, 3.05) is 0 Å². The van der Waals surface area contributed by atoms with Crippen molar-refractivity contribution in [2.24, 2.45) is 7.05 Å². The van der Waals surface area contributed by atoms with Crippen LogP contribution >= 0.6 is 11.3 Å². The molecular formula is C18H22N6O2S. The van der Waals surface area contributed by atoms with Gasteiger partial charge in [-0.15, -0.1) is 11.3 Å². The molecule has 0 saturated heterocycles. The van der Waals surface area contributed by atoms with E-state index in [4.69, 9.17) is 9.51 Å². The van der Waals surface area contributed by atoms with Gasteiger partial charge < -0.3 is 4.52 Å². The Hall–Kier alpha value is -2.39. The molecule has 1 fully saturated rings. The zero-order chi connectivity index (χ0) is 19.2. The predicted molar refractivity (Wildman–Crippen MR) is 101 cm³/mol. The number of aromatic nitrogens is 5. The van der Waals surface area contributed by atoms with Crippen LogP contribution < -0.4 is 10.9 Å². The first kappa shape index (κ1) is 18.0. The molecule has 8 nitrogen and oxygen atoms in total. The zero-order valence-electron chi connectivity index (χ0n) is 15.9. The van der Waals surface area contributed by atoms with Crippen molar-refractivity contribution in [3.05, 3.63) is 44.4 Å². The summed E-state index contributed by atoms with van der Waals surface area (Å²) in [6, 6.07) is 0. The van der Waals surface area contributed by atoms with Crippen LogP contribution in [0.1, 0.15) is 47.9 Å². The Morgan fingerprint density at radius 3 is 2.70 bits per heavy atom. The molecule has 3 aromatic heterocycles. The molecule has 0 spiro atoms. The second-order valence-corrected chi connectivity index (χ2v) is 7.94. The molecule has 1 saturated carbocycles. The minimum absolute atomic E-state index is 0.121. The van der Waals surface area contributed by atoms with Gasteiger partial charge in [0.05, 0.1) is 22.5 Å². The molecule has 1 N–H and O–H groups in total. The molecule has 3 aromatic rings. The highest BCUT2D eigenvalue weighted by molar-refractivity contribution is 7.13. The van der Waals surface area contributed by atoms with Crippen molar-refractivity contribution in [1.82, 2.24) is 30.2 Å². The minimum atomic E-state index is -0.235. The molecule has 1 aliphatic rings. The highest BCUT2D eigenvalue weighted by atomic mass is 32.1. The third-order valence-electron chi connectivity index (χ3n) is 5.26. The van der Waals surface area contributed by atoms with Gasteiger partial charge in [0.1, 0.15) is 5.01 Å². The molecule has 3 heterocycles. The molecule has 142 valence electrons. The summed E-state index contributed by atoms with van der Waals surface area (Å²) in [6.45, 7) is 6.21. The number of hydrogen-bond acceptors (Lipinski definition) is 8. The van der Waals surface area contributed by atoms with Gasteiger partial charge in [-0.2, -0.15) is 10.1 Å².